The number of amides is 2. The Labute approximate surface area is 177 Å². The highest BCUT2D eigenvalue weighted by Crippen LogP contribution is 2.41. The molecular formula is C22H31N5O3. The van der Waals surface area contributed by atoms with Gasteiger partial charge >= 0.3 is 0 Å². The lowest BCUT2D eigenvalue weighted by Crippen LogP contribution is -2.49. The van der Waals surface area contributed by atoms with Crippen molar-refractivity contribution in [2.75, 3.05) is 20.2 Å². The van der Waals surface area contributed by atoms with E-state index in [9.17, 15) is 9.59 Å². The fourth-order valence-corrected chi connectivity index (χ4v) is 5.76. The third-order valence-corrected chi connectivity index (χ3v) is 7.74. The molecule has 0 aromatic carbocycles. The van der Waals surface area contributed by atoms with E-state index in [4.69, 9.17) is 4.74 Å². The summed E-state index contributed by atoms with van der Waals surface area (Å²) in [6.45, 7) is 1.13. The number of fused-ring (bicyclic) bond motifs is 2. The number of ether oxygens (including phenoxy) is 1. The number of nitrogens with one attached hydrogen (secondary N) is 1. The van der Waals surface area contributed by atoms with Crippen molar-refractivity contribution >= 4 is 11.8 Å². The Bertz CT molecular complexity index is 804. The van der Waals surface area contributed by atoms with Gasteiger partial charge < -0.3 is 19.5 Å². The molecule has 2 heterocycles. The Morgan fingerprint density at radius 2 is 1.90 bits per heavy atom. The van der Waals surface area contributed by atoms with Crippen molar-refractivity contribution in [2.45, 2.75) is 56.7 Å². The number of nitrogens with zero attached hydrogens (tertiary/aromatic N) is 4. The van der Waals surface area contributed by atoms with E-state index in [0.717, 1.165) is 32.1 Å². The molecule has 2 saturated carbocycles. The van der Waals surface area contributed by atoms with Crippen LogP contribution < -0.4 is 5.32 Å². The number of aromatic nitrogens is 3. The Hall–Kier alpha value is -2.22. The van der Waals surface area contributed by atoms with Gasteiger partial charge in [0.05, 0.1) is 12.1 Å². The zero-order valence-corrected chi connectivity index (χ0v) is 17.5. The molecule has 5 aliphatic rings. The second-order valence-electron chi connectivity index (χ2n) is 9.44. The highest BCUT2D eigenvalue weighted by Gasteiger charge is 2.43. The number of rotatable bonds is 6. The first-order valence-corrected chi connectivity index (χ1v) is 11.3. The minimum atomic E-state index is 0.0108. The van der Waals surface area contributed by atoms with Crippen LogP contribution in [-0.2, 0) is 14.3 Å². The maximum atomic E-state index is 13.2. The first-order chi connectivity index (χ1) is 14.6. The van der Waals surface area contributed by atoms with Crippen molar-refractivity contribution in [3.05, 3.63) is 24.8 Å². The zero-order valence-electron chi connectivity index (χ0n) is 17.5. The molecule has 1 aromatic rings. The molecule has 8 heteroatoms. The van der Waals surface area contributed by atoms with E-state index in [1.807, 2.05) is 9.47 Å². The van der Waals surface area contributed by atoms with E-state index < -0.39 is 0 Å². The molecular weight excluding hydrogens is 382 g/mol. The Morgan fingerprint density at radius 1 is 1.10 bits per heavy atom. The normalized spacial score (nSPS) is 37.2. The van der Waals surface area contributed by atoms with Crippen molar-refractivity contribution in [3.63, 3.8) is 0 Å². The van der Waals surface area contributed by atoms with Gasteiger partial charge in [0.15, 0.2) is 0 Å². The number of likely N-dealkylation sites (tertiary alicyclic amines) is 1. The predicted molar refractivity (Wildman–Crippen MR) is 109 cm³/mol. The Morgan fingerprint density at radius 3 is 2.53 bits per heavy atom. The summed E-state index contributed by atoms with van der Waals surface area (Å²) in [5, 5.41) is 10.9. The van der Waals surface area contributed by atoms with E-state index in [1.54, 1.807) is 19.8 Å². The van der Waals surface area contributed by atoms with Gasteiger partial charge in [-0.3, -0.25) is 9.59 Å². The lowest BCUT2D eigenvalue weighted by molar-refractivity contribution is -0.141. The van der Waals surface area contributed by atoms with Gasteiger partial charge in [0.1, 0.15) is 12.7 Å². The average molecular weight is 414 g/mol. The van der Waals surface area contributed by atoms with Gasteiger partial charge in [-0.05, 0) is 50.4 Å². The van der Waals surface area contributed by atoms with Gasteiger partial charge in [-0.25, -0.2) is 0 Å². The molecule has 1 aliphatic heterocycles. The third kappa shape index (κ3) is 3.66. The summed E-state index contributed by atoms with van der Waals surface area (Å²) >= 11 is 0. The molecule has 8 nitrogen and oxygen atoms in total. The second-order valence-corrected chi connectivity index (χ2v) is 9.44. The summed E-state index contributed by atoms with van der Waals surface area (Å²) < 4.78 is 7.54. The monoisotopic (exact) mass is 413 g/mol. The smallest absolute Gasteiger partial charge is 0.226 e. The number of carbonyl (C=O) groups excluding carboxylic acids is 2. The summed E-state index contributed by atoms with van der Waals surface area (Å²) in [6.07, 6.45) is 13.7. The molecule has 0 unspecified atom stereocenters. The lowest BCUT2D eigenvalue weighted by Gasteiger charge is -2.39. The van der Waals surface area contributed by atoms with Gasteiger partial charge in [0, 0.05) is 38.1 Å². The van der Waals surface area contributed by atoms with Crippen LogP contribution in [0.25, 0.3) is 0 Å². The highest BCUT2D eigenvalue weighted by molar-refractivity contribution is 5.81. The molecule has 1 N–H and O–H groups in total. The van der Waals surface area contributed by atoms with Crippen molar-refractivity contribution < 1.29 is 14.3 Å². The van der Waals surface area contributed by atoms with Gasteiger partial charge in [-0.2, -0.15) is 0 Å². The van der Waals surface area contributed by atoms with Crippen LogP contribution in [0.1, 0.15) is 44.6 Å². The van der Waals surface area contributed by atoms with Crippen LogP contribution in [0.5, 0.6) is 0 Å². The summed E-state index contributed by atoms with van der Waals surface area (Å²) in [5.41, 5.74) is 0. The summed E-state index contributed by atoms with van der Waals surface area (Å²) in [7, 11) is 1.70. The van der Waals surface area contributed by atoms with Gasteiger partial charge in [0.25, 0.3) is 0 Å². The van der Waals surface area contributed by atoms with Crippen LogP contribution in [0.2, 0.25) is 0 Å². The first-order valence-electron chi connectivity index (χ1n) is 11.3. The van der Waals surface area contributed by atoms with E-state index >= 15 is 0 Å². The van der Waals surface area contributed by atoms with Crippen LogP contribution in [0.4, 0.5) is 0 Å². The van der Waals surface area contributed by atoms with E-state index in [2.05, 4.69) is 27.7 Å². The van der Waals surface area contributed by atoms with E-state index in [1.165, 1.54) is 6.42 Å². The van der Waals surface area contributed by atoms with Crippen molar-refractivity contribution in [1.82, 2.24) is 25.0 Å². The molecule has 30 heavy (non-hydrogen) atoms. The number of hydrogen-bond acceptors (Lipinski definition) is 5. The molecule has 2 bridgehead atoms. The maximum Gasteiger partial charge on any atom is 0.226 e. The van der Waals surface area contributed by atoms with Gasteiger partial charge in [0.2, 0.25) is 11.8 Å². The van der Waals surface area contributed by atoms with Gasteiger partial charge in [-0.15, -0.1) is 10.2 Å². The molecule has 5 atom stereocenters. The van der Waals surface area contributed by atoms with Crippen LogP contribution in [0.3, 0.4) is 0 Å². The summed E-state index contributed by atoms with van der Waals surface area (Å²) in [5.74, 6) is 1.41. The first kappa shape index (κ1) is 19.7. The van der Waals surface area contributed by atoms with Crippen LogP contribution in [0, 0.1) is 23.7 Å². The zero-order chi connectivity index (χ0) is 20.7. The fourth-order valence-electron chi connectivity index (χ4n) is 5.76. The Kier molecular flexibility index (Phi) is 5.35. The number of allylic oxidation sites excluding steroid dienone is 2. The predicted octanol–water partition coefficient (Wildman–Crippen LogP) is 1.56. The molecule has 4 aliphatic carbocycles. The minimum Gasteiger partial charge on any atom is -0.380 e. The lowest BCUT2D eigenvalue weighted by atomic mass is 9.69. The third-order valence-electron chi connectivity index (χ3n) is 7.74. The maximum absolute atomic E-state index is 13.2. The molecule has 1 aromatic heterocycles. The van der Waals surface area contributed by atoms with E-state index in [0.29, 0.717) is 31.0 Å². The number of carbonyl (C=O) groups is 2. The SMILES string of the molecule is CO[C@@H]1C[C@@H](CNC(=O)[C@@H]2C[C@@H]3C=C[C@H]2CC3)N(C(=O)C2CC(n3cnnc3)C2)C1. The van der Waals surface area contributed by atoms with Crippen LogP contribution >= 0.6 is 0 Å². The molecule has 162 valence electrons. The highest BCUT2D eigenvalue weighted by atomic mass is 16.5. The molecule has 0 spiro atoms. The average Bonchev–Trinajstić information content (AvgIpc) is 3.41. The van der Waals surface area contributed by atoms with Gasteiger partial charge in [-0.1, -0.05) is 12.2 Å². The van der Waals surface area contributed by atoms with Crippen molar-refractivity contribution in [1.29, 1.82) is 0 Å². The Balaban J connectivity index is 1.17. The molecule has 2 amide bonds. The van der Waals surface area contributed by atoms with Crippen LogP contribution in [0.15, 0.2) is 24.8 Å². The topological polar surface area (TPSA) is 89.4 Å². The number of hydrogen-bond donors (Lipinski definition) is 1. The molecule has 1 saturated heterocycles. The minimum absolute atomic E-state index is 0.0108. The fraction of sp³-hybridized carbons (Fsp3) is 0.727. The number of methoxy groups -OCH3 is 1. The van der Waals surface area contributed by atoms with Crippen LogP contribution in [-0.4, -0.2) is 63.8 Å². The molecule has 0 radical (unpaired) electrons. The van der Waals surface area contributed by atoms with E-state index in [-0.39, 0.29) is 35.8 Å². The summed E-state index contributed by atoms with van der Waals surface area (Å²) in [4.78, 5) is 28.0. The van der Waals surface area contributed by atoms with Crippen molar-refractivity contribution in [2.24, 2.45) is 23.7 Å². The standard InChI is InChI=1S/C22H31N5O3/c1-30-19-9-18(10-23-21(28)20-6-14-2-4-15(20)5-3-14)27(11-19)22(29)16-7-17(8-16)26-12-24-25-13-26/h2,4,12-20H,3,5-11H2,1H3,(H,23,28)/t14-,15+,16?,17?,18+,19-,20-/m1/s1. The second kappa shape index (κ2) is 8.13. The molecule has 3 fully saturated rings. The quantitative estimate of drug-likeness (QED) is 0.715. The summed E-state index contributed by atoms with van der Waals surface area (Å²) in [6, 6.07) is 0.319. The molecule has 6 rings (SSSR count). The van der Waals surface area contributed by atoms with Crippen molar-refractivity contribution in [3.8, 4) is 0 Å². The largest absolute Gasteiger partial charge is 0.380 e.